The topological polar surface area (TPSA) is 15.3 Å². The van der Waals surface area contributed by atoms with Crippen LogP contribution in [0.2, 0.25) is 0 Å². The van der Waals surface area contributed by atoms with E-state index in [0.29, 0.717) is 6.04 Å². The third-order valence-electron chi connectivity index (χ3n) is 4.01. The summed E-state index contributed by atoms with van der Waals surface area (Å²) in [5.74, 6) is 0.717. The smallest absolute Gasteiger partial charge is 0.0511 e. The fourth-order valence-corrected chi connectivity index (χ4v) is 3.87. The van der Waals surface area contributed by atoms with Gasteiger partial charge < -0.3 is 10.2 Å². The molecule has 0 bridgehead atoms. The summed E-state index contributed by atoms with van der Waals surface area (Å²) in [7, 11) is 0. The molecule has 0 spiro atoms. The maximum atomic E-state index is 3.70. The first-order valence-corrected chi connectivity index (χ1v) is 8.63. The molecule has 0 aliphatic carbocycles. The largest absolute Gasteiger partial charge is 0.369 e. The van der Waals surface area contributed by atoms with E-state index in [-0.39, 0.29) is 0 Å². The van der Waals surface area contributed by atoms with E-state index in [0.717, 1.165) is 30.0 Å². The monoisotopic (exact) mass is 388 g/mol. The third-order valence-corrected chi connectivity index (χ3v) is 5.14. The van der Waals surface area contributed by atoms with Crippen molar-refractivity contribution in [3.8, 4) is 0 Å². The number of hydrogen-bond donors (Lipinski definition) is 1. The molecule has 0 aromatic heterocycles. The van der Waals surface area contributed by atoms with Gasteiger partial charge in [-0.2, -0.15) is 0 Å². The minimum Gasteiger partial charge on any atom is -0.369 e. The van der Waals surface area contributed by atoms with Crippen molar-refractivity contribution < 1.29 is 0 Å². The van der Waals surface area contributed by atoms with Crippen molar-refractivity contribution >= 4 is 37.5 Å². The Bertz CT molecular complexity index is 423. The van der Waals surface area contributed by atoms with Crippen LogP contribution in [0.25, 0.3) is 0 Å². The lowest BCUT2D eigenvalue weighted by Crippen LogP contribution is -2.42. The van der Waals surface area contributed by atoms with Gasteiger partial charge in [-0.15, -0.1) is 0 Å². The molecule has 1 N–H and O–H groups in total. The Morgan fingerprint density at radius 1 is 1.42 bits per heavy atom. The fourth-order valence-electron chi connectivity index (χ4n) is 2.57. The van der Waals surface area contributed by atoms with Crippen molar-refractivity contribution in [2.24, 2.45) is 5.92 Å². The molecule has 0 amide bonds. The van der Waals surface area contributed by atoms with Gasteiger partial charge in [-0.1, -0.05) is 36.2 Å². The van der Waals surface area contributed by atoms with Gasteiger partial charge in [0, 0.05) is 28.1 Å². The van der Waals surface area contributed by atoms with Crippen molar-refractivity contribution in [3.05, 3.63) is 27.1 Å². The number of rotatable bonds is 3. The van der Waals surface area contributed by atoms with E-state index < -0.39 is 0 Å². The molecule has 1 aromatic carbocycles. The molecule has 1 fully saturated rings. The summed E-state index contributed by atoms with van der Waals surface area (Å²) in [5, 5.41) is 3.70. The zero-order valence-electron chi connectivity index (χ0n) is 11.6. The Balaban J connectivity index is 2.17. The van der Waals surface area contributed by atoms with Gasteiger partial charge in [0.1, 0.15) is 0 Å². The molecule has 2 nitrogen and oxygen atoms in total. The van der Waals surface area contributed by atoms with E-state index in [2.05, 4.69) is 74.1 Å². The molecule has 1 aliphatic heterocycles. The average Bonchev–Trinajstić information content (AvgIpc) is 2.63. The van der Waals surface area contributed by atoms with Gasteiger partial charge in [-0.3, -0.25) is 0 Å². The van der Waals surface area contributed by atoms with Crippen LogP contribution in [0.3, 0.4) is 0 Å². The molecule has 19 heavy (non-hydrogen) atoms. The Kier molecular flexibility index (Phi) is 5.72. The lowest BCUT2D eigenvalue weighted by molar-refractivity contribution is 0.384. The van der Waals surface area contributed by atoms with Gasteiger partial charge in [-0.25, -0.2) is 0 Å². The zero-order chi connectivity index (χ0) is 13.8. The van der Waals surface area contributed by atoms with Gasteiger partial charge in [0.2, 0.25) is 0 Å². The molecule has 0 saturated carbocycles. The lowest BCUT2D eigenvalue weighted by Gasteiger charge is -2.30. The van der Waals surface area contributed by atoms with Crippen molar-refractivity contribution in [2.45, 2.75) is 32.7 Å². The summed E-state index contributed by atoms with van der Waals surface area (Å²) in [6, 6.07) is 7.04. The minimum atomic E-state index is 0.586. The highest BCUT2D eigenvalue weighted by molar-refractivity contribution is 9.11. The molecule has 4 heteroatoms. The predicted octanol–water partition coefficient (Wildman–Crippen LogP) is 4.43. The molecular weight excluding hydrogens is 368 g/mol. The standard InChI is InChI=1S/C15H22Br2N2/c1-3-11(2)14-10-19(8-4-7-18-14)15-6-5-12(16)9-13(15)17/h5-6,9,11,14,18H,3-4,7-8,10H2,1-2H3. The molecule has 1 aromatic rings. The van der Waals surface area contributed by atoms with Crippen LogP contribution in [0.5, 0.6) is 0 Å². The van der Waals surface area contributed by atoms with E-state index in [4.69, 9.17) is 0 Å². The fraction of sp³-hybridized carbons (Fsp3) is 0.600. The quantitative estimate of drug-likeness (QED) is 0.822. The van der Waals surface area contributed by atoms with Crippen LogP contribution in [0.4, 0.5) is 5.69 Å². The van der Waals surface area contributed by atoms with Crippen LogP contribution in [-0.2, 0) is 0 Å². The second-order valence-electron chi connectivity index (χ2n) is 5.34. The Morgan fingerprint density at radius 2 is 2.21 bits per heavy atom. The molecule has 2 atom stereocenters. The molecule has 2 rings (SSSR count). The van der Waals surface area contributed by atoms with Crippen molar-refractivity contribution in [1.29, 1.82) is 0 Å². The number of nitrogens with one attached hydrogen (secondary N) is 1. The second kappa shape index (κ2) is 7.09. The summed E-state index contributed by atoms with van der Waals surface area (Å²) >= 11 is 7.21. The molecular formula is C15H22Br2N2. The van der Waals surface area contributed by atoms with Crippen LogP contribution in [0, 0.1) is 5.92 Å². The highest BCUT2D eigenvalue weighted by Gasteiger charge is 2.22. The van der Waals surface area contributed by atoms with Crippen LogP contribution >= 0.6 is 31.9 Å². The summed E-state index contributed by atoms with van der Waals surface area (Å²) in [5.41, 5.74) is 1.31. The van der Waals surface area contributed by atoms with Crippen LogP contribution in [-0.4, -0.2) is 25.7 Å². The highest BCUT2D eigenvalue weighted by Crippen LogP contribution is 2.30. The number of hydrogen-bond acceptors (Lipinski definition) is 2. The molecule has 1 aliphatic rings. The van der Waals surface area contributed by atoms with Crippen molar-refractivity contribution in [2.75, 3.05) is 24.5 Å². The Hall–Kier alpha value is -0.0600. The first-order valence-electron chi connectivity index (χ1n) is 7.05. The van der Waals surface area contributed by atoms with Crippen LogP contribution < -0.4 is 10.2 Å². The van der Waals surface area contributed by atoms with Crippen LogP contribution in [0.1, 0.15) is 26.7 Å². The molecule has 1 saturated heterocycles. The van der Waals surface area contributed by atoms with Crippen molar-refractivity contribution in [1.82, 2.24) is 5.32 Å². The van der Waals surface area contributed by atoms with Gasteiger partial charge in [0.05, 0.1) is 5.69 Å². The maximum absolute atomic E-state index is 3.70. The van der Waals surface area contributed by atoms with Gasteiger partial charge in [0.15, 0.2) is 0 Å². The molecule has 0 radical (unpaired) electrons. The third kappa shape index (κ3) is 3.96. The van der Waals surface area contributed by atoms with Gasteiger partial charge in [0.25, 0.3) is 0 Å². The number of halogens is 2. The number of anilines is 1. The minimum absolute atomic E-state index is 0.586. The van der Waals surface area contributed by atoms with Crippen molar-refractivity contribution in [3.63, 3.8) is 0 Å². The van der Waals surface area contributed by atoms with E-state index in [1.807, 2.05) is 0 Å². The summed E-state index contributed by atoms with van der Waals surface area (Å²) in [6.45, 7) is 7.96. The predicted molar refractivity (Wildman–Crippen MR) is 89.9 cm³/mol. The molecule has 1 heterocycles. The first kappa shape index (κ1) is 15.3. The molecule has 106 valence electrons. The van der Waals surface area contributed by atoms with Gasteiger partial charge in [-0.05, 0) is 53.0 Å². The van der Waals surface area contributed by atoms with Gasteiger partial charge >= 0.3 is 0 Å². The highest BCUT2D eigenvalue weighted by atomic mass is 79.9. The number of nitrogens with zero attached hydrogens (tertiary/aromatic N) is 1. The Morgan fingerprint density at radius 3 is 2.89 bits per heavy atom. The van der Waals surface area contributed by atoms with E-state index in [1.54, 1.807) is 0 Å². The maximum Gasteiger partial charge on any atom is 0.0511 e. The average molecular weight is 390 g/mol. The first-order chi connectivity index (χ1) is 9.11. The molecule has 2 unspecified atom stereocenters. The summed E-state index contributed by atoms with van der Waals surface area (Å²) in [6.07, 6.45) is 2.43. The van der Waals surface area contributed by atoms with E-state index in [1.165, 1.54) is 23.0 Å². The second-order valence-corrected chi connectivity index (χ2v) is 7.11. The normalized spacial score (nSPS) is 22.1. The Labute approximate surface area is 133 Å². The van der Waals surface area contributed by atoms with E-state index in [9.17, 15) is 0 Å². The van der Waals surface area contributed by atoms with Crippen LogP contribution in [0.15, 0.2) is 27.1 Å². The lowest BCUT2D eigenvalue weighted by atomic mass is 9.99. The SMILES string of the molecule is CCC(C)C1CN(c2ccc(Br)cc2Br)CCCN1. The van der Waals surface area contributed by atoms with E-state index >= 15 is 0 Å². The summed E-state index contributed by atoms with van der Waals surface area (Å²) < 4.78 is 2.29. The zero-order valence-corrected chi connectivity index (χ0v) is 14.8. The summed E-state index contributed by atoms with van der Waals surface area (Å²) in [4.78, 5) is 2.51. The number of benzene rings is 1.